The van der Waals surface area contributed by atoms with Gasteiger partial charge in [0.05, 0.1) is 11.3 Å². The number of benzene rings is 1. The van der Waals surface area contributed by atoms with Crippen molar-refractivity contribution >= 4 is 30.1 Å². The van der Waals surface area contributed by atoms with Gasteiger partial charge in [0.25, 0.3) is 5.91 Å². The van der Waals surface area contributed by atoms with Crippen molar-refractivity contribution in [2.24, 2.45) is 0 Å². The third-order valence-electron chi connectivity index (χ3n) is 4.30. The number of hydrogen-bond donors (Lipinski definition) is 1. The molecule has 1 aromatic carbocycles. The van der Waals surface area contributed by atoms with Gasteiger partial charge in [-0.1, -0.05) is 17.3 Å². The van der Waals surface area contributed by atoms with Crippen LogP contribution in [0.25, 0.3) is 0 Å². The van der Waals surface area contributed by atoms with Crippen LogP contribution in [-0.4, -0.2) is 42.1 Å². The van der Waals surface area contributed by atoms with Crippen LogP contribution in [0.1, 0.15) is 33.8 Å². The van der Waals surface area contributed by atoms with Gasteiger partial charge in [0.2, 0.25) is 0 Å². The minimum atomic E-state index is 0. The second-order valence-electron chi connectivity index (χ2n) is 5.98. The zero-order chi connectivity index (χ0) is 16.9. The van der Waals surface area contributed by atoms with Crippen molar-refractivity contribution in [3.63, 3.8) is 0 Å². The fraction of sp³-hybridized carbons (Fsp3) is 0.444. The van der Waals surface area contributed by atoms with Gasteiger partial charge in [0.15, 0.2) is 0 Å². The number of amides is 1. The molecule has 1 aromatic heterocycles. The molecule has 1 aliphatic rings. The molecule has 0 bridgehead atoms. The van der Waals surface area contributed by atoms with Gasteiger partial charge in [-0.15, -0.1) is 24.2 Å². The SMILES string of the molecule is Cc1noc(C)c1CSc1ccccc1C(=O)N1CCCNCC1.Cl. The lowest BCUT2D eigenvalue weighted by atomic mass is 10.2. The molecule has 1 amide bonds. The van der Waals surface area contributed by atoms with Crippen LogP contribution in [0.15, 0.2) is 33.7 Å². The van der Waals surface area contributed by atoms with Crippen LogP contribution < -0.4 is 5.32 Å². The summed E-state index contributed by atoms with van der Waals surface area (Å²) in [4.78, 5) is 15.9. The Hall–Kier alpha value is -1.50. The summed E-state index contributed by atoms with van der Waals surface area (Å²) < 4.78 is 5.23. The van der Waals surface area contributed by atoms with Gasteiger partial charge in [-0.05, 0) is 38.9 Å². The topological polar surface area (TPSA) is 58.4 Å². The number of rotatable bonds is 4. The summed E-state index contributed by atoms with van der Waals surface area (Å²) in [5, 5.41) is 7.34. The van der Waals surface area contributed by atoms with Crippen LogP contribution in [0.5, 0.6) is 0 Å². The molecule has 5 nitrogen and oxygen atoms in total. The largest absolute Gasteiger partial charge is 0.361 e. The van der Waals surface area contributed by atoms with Crippen molar-refractivity contribution in [1.82, 2.24) is 15.4 Å². The second-order valence-corrected chi connectivity index (χ2v) is 7.00. The predicted molar refractivity (Wildman–Crippen MR) is 103 cm³/mol. The Bertz CT molecular complexity index is 693. The number of hydrogen-bond acceptors (Lipinski definition) is 5. The number of thioether (sulfide) groups is 1. The molecule has 7 heteroatoms. The van der Waals surface area contributed by atoms with Crippen molar-refractivity contribution in [3.05, 3.63) is 46.8 Å². The molecule has 1 saturated heterocycles. The summed E-state index contributed by atoms with van der Waals surface area (Å²) in [5.74, 6) is 1.73. The van der Waals surface area contributed by atoms with E-state index in [0.717, 1.165) is 65.8 Å². The molecule has 0 spiro atoms. The van der Waals surface area contributed by atoms with Crippen LogP contribution in [0.4, 0.5) is 0 Å². The first-order valence-corrected chi connectivity index (χ1v) is 9.29. The average molecular weight is 382 g/mol. The number of nitrogens with zero attached hydrogens (tertiary/aromatic N) is 2. The molecule has 0 radical (unpaired) electrons. The normalized spacial score (nSPS) is 14.7. The first kappa shape index (κ1) is 19.8. The van der Waals surface area contributed by atoms with E-state index in [1.807, 2.05) is 43.0 Å². The third-order valence-corrected chi connectivity index (χ3v) is 5.40. The van der Waals surface area contributed by atoms with Crippen LogP contribution in [-0.2, 0) is 5.75 Å². The molecule has 2 aromatic rings. The monoisotopic (exact) mass is 381 g/mol. The van der Waals surface area contributed by atoms with Crippen LogP contribution >= 0.6 is 24.2 Å². The summed E-state index contributed by atoms with van der Waals surface area (Å²) >= 11 is 1.67. The van der Waals surface area contributed by atoms with E-state index in [0.29, 0.717) is 0 Å². The molecular formula is C18H24ClN3O2S. The van der Waals surface area contributed by atoms with Crippen molar-refractivity contribution in [3.8, 4) is 0 Å². The molecule has 2 heterocycles. The molecule has 0 unspecified atom stereocenters. The highest BCUT2D eigenvalue weighted by molar-refractivity contribution is 7.98. The maximum absolute atomic E-state index is 12.9. The van der Waals surface area contributed by atoms with Gasteiger partial charge < -0.3 is 14.7 Å². The molecule has 0 atom stereocenters. The van der Waals surface area contributed by atoms with Gasteiger partial charge in [0, 0.05) is 35.8 Å². The number of aromatic nitrogens is 1. The molecule has 1 aliphatic heterocycles. The average Bonchev–Trinajstić information content (AvgIpc) is 2.81. The van der Waals surface area contributed by atoms with Crippen LogP contribution in [0, 0.1) is 13.8 Å². The van der Waals surface area contributed by atoms with E-state index in [-0.39, 0.29) is 18.3 Å². The highest BCUT2D eigenvalue weighted by Crippen LogP contribution is 2.29. The zero-order valence-corrected chi connectivity index (χ0v) is 16.2. The van der Waals surface area contributed by atoms with Gasteiger partial charge in [0.1, 0.15) is 5.76 Å². The van der Waals surface area contributed by atoms with Crippen molar-refractivity contribution < 1.29 is 9.32 Å². The zero-order valence-electron chi connectivity index (χ0n) is 14.6. The van der Waals surface area contributed by atoms with E-state index in [1.165, 1.54) is 0 Å². The van der Waals surface area contributed by atoms with E-state index >= 15 is 0 Å². The lowest BCUT2D eigenvalue weighted by Crippen LogP contribution is -2.34. The van der Waals surface area contributed by atoms with E-state index < -0.39 is 0 Å². The fourth-order valence-corrected chi connectivity index (χ4v) is 4.04. The Labute approximate surface area is 158 Å². The molecule has 0 aliphatic carbocycles. The van der Waals surface area contributed by atoms with E-state index in [2.05, 4.69) is 10.5 Å². The highest BCUT2D eigenvalue weighted by Gasteiger charge is 2.20. The molecule has 136 valence electrons. The number of carbonyl (C=O) groups is 1. The molecule has 3 rings (SSSR count). The molecular weight excluding hydrogens is 358 g/mol. The Morgan fingerprint density at radius 2 is 2.08 bits per heavy atom. The Balaban J connectivity index is 0.00000225. The maximum Gasteiger partial charge on any atom is 0.255 e. The van der Waals surface area contributed by atoms with E-state index in [4.69, 9.17) is 4.52 Å². The van der Waals surface area contributed by atoms with Crippen LogP contribution in [0.3, 0.4) is 0 Å². The number of nitrogens with one attached hydrogen (secondary N) is 1. The lowest BCUT2D eigenvalue weighted by Gasteiger charge is -2.21. The first-order valence-electron chi connectivity index (χ1n) is 8.30. The minimum Gasteiger partial charge on any atom is -0.361 e. The second kappa shape index (κ2) is 9.27. The maximum atomic E-state index is 12.9. The first-order chi connectivity index (χ1) is 11.7. The van der Waals surface area contributed by atoms with Crippen molar-refractivity contribution in [2.75, 3.05) is 26.2 Å². The number of carbonyl (C=O) groups excluding carboxylic acids is 1. The quantitative estimate of drug-likeness (QED) is 0.822. The smallest absolute Gasteiger partial charge is 0.255 e. The lowest BCUT2D eigenvalue weighted by molar-refractivity contribution is 0.0763. The van der Waals surface area contributed by atoms with Gasteiger partial charge >= 0.3 is 0 Å². The van der Waals surface area contributed by atoms with Crippen molar-refractivity contribution in [1.29, 1.82) is 0 Å². The van der Waals surface area contributed by atoms with Gasteiger partial charge in [-0.25, -0.2) is 0 Å². The molecule has 1 N–H and O–H groups in total. The van der Waals surface area contributed by atoms with Crippen LogP contribution in [0.2, 0.25) is 0 Å². The minimum absolute atomic E-state index is 0. The summed E-state index contributed by atoms with van der Waals surface area (Å²) in [5.41, 5.74) is 2.82. The van der Waals surface area contributed by atoms with Gasteiger partial charge in [-0.3, -0.25) is 4.79 Å². The van der Waals surface area contributed by atoms with E-state index in [9.17, 15) is 4.79 Å². The summed E-state index contributed by atoms with van der Waals surface area (Å²) in [6, 6.07) is 7.86. The number of halogens is 1. The molecule has 0 saturated carbocycles. The van der Waals surface area contributed by atoms with E-state index in [1.54, 1.807) is 11.8 Å². The van der Waals surface area contributed by atoms with Crippen molar-refractivity contribution in [2.45, 2.75) is 30.9 Å². The standard InChI is InChI=1S/C18H23N3O2S.ClH/c1-13-16(14(2)23-20-13)12-24-17-7-4-3-6-15(17)18(22)21-10-5-8-19-9-11-21;/h3-4,6-7,19H,5,8-12H2,1-2H3;1H. The molecule has 25 heavy (non-hydrogen) atoms. The number of aryl methyl sites for hydroxylation is 2. The third kappa shape index (κ3) is 4.77. The Morgan fingerprint density at radius 3 is 2.84 bits per heavy atom. The fourth-order valence-electron chi connectivity index (χ4n) is 2.85. The Morgan fingerprint density at radius 1 is 1.28 bits per heavy atom. The van der Waals surface area contributed by atoms with Gasteiger partial charge in [-0.2, -0.15) is 0 Å². The Kier molecular flexibility index (Phi) is 7.35. The highest BCUT2D eigenvalue weighted by atomic mass is 35.5. The summed E-state index contributed by atoms with van der Waals surface area (Å²) in [7, 11) is 0. The summed E-state index contributed by atoms with van der Waals surface area (Å²) in [6.45, 7) is 7.30. The summed E-state index contributed by atoms with van der Waals surface area (Å²) in [6.07, 6.45) is 1.00. The predicted octanol–water partition coefficient (Wildman–Crippen LogP) is 3.44. The molecule has 1 fully saturated rings.